The molecule has 0 aromatic heterocycles. The second-order valence-electron chi connectivity index (χ2n) is 3.63. The monoisotopic (exact) mass is 206 g/mol. The molecule has 5 heteroatoms. The standard InChI is InChI=1S/C8H18N2O2S/c1-13(11,12)10-7-9-8-5-3-2-4-6-8/h8-10H,2-7H2,1H3. The van der Waals surface area contributed by atoms with Gasteiger partial charge in [0.2, 0.25) is 10.0 Å². The van der Waals surface area contributed by atoms with E-state index in [0.29, 0.717) is 12.7 Å². The molecular weight excluding hydrogens is 188 g/mol. The van der Waals surface area contributed by atoms with Gasteiger partial charge in [0.1, 0.15) is 0 Å². The summed E-state index contributed by atoms with van der Waals surface area (Å²) in [5, 5.41) is 3.19. The zero-order valence-electron chi connectivity index (χ0n) is 8.04. The Labute approximate surface area is 80.1 Å². The number of hydrogen-bond donors (Lipinski definition) is 2. The molecule has 0 aromatic rings. The van der Waals surface area contributed by atoms with E-state index in [1.54, 1.807) is 0 Å². The first-order valence-corrected chi connectivity index (χ1v) is 6.65. The summed E-state index contributed by atoms with van der Waals surface area (Å²) in [6.45, 7) is 0.365. The highest BCUT2D eigenvalue weighted by molar-refractivity contribution is 7.88. The molecule has 1 saturated carbocycles. The van der Waals surface area contributed by atoms with E-state index >= 15 is 0 Å². The molecule has 0 amide bonds. The maximum Gasteiger partial charge on any atom is 0.209 e. The fraction of sp³-hybridized carbons (Fsp3) is 1.00. The van der Waals surface area contributed by atoms with Crippen LogP contribution in [-0.4, -0.2) is 27.4 Å². The molecule has 1 fully saturated rings. The second kappa shape index (κ2) is 4.93. The highest BCUT2D eigenvalue weighted by Crippen LogP contribution is 2.16. The Morgan fingerprint density at radius 1 is 1.23 bits per heavy atom. The molecule has 0 spiro atoms. The smallest absolute Gasteiger partial charge is 0.209 e. The molecule has 4 nitrogen and oxygen atoms in total. The van der Waals surface area contributed by atoms with Gasteiger partial charge in [0.15, 0.2) is 0 Å². The van der Waals surface area contributed by atoms with Gasteiger partial charge < -0.3 is 5.32 Å². The van der Waals surface area contributed by atoms with Gasteiger partial charge in [-0.05, 0) is 12.8 Å². The van der Waals surface area contributed by atoms with E-state index in [1.807, 2.05) is 0 Å². The number of hydrogen-bond acceptors (Lipinski definition) is 3. The van der Waals surface area contributed by atoms with Crippen LogP contribution in [-0.2, 0) is 10.0 Å². The predicted octanol–water partition coefficient (Wildman–Crippen LogP) is 0.415. The van der Waals surface area contributed by atoms with Crippen LogP contribution in [0.15, 0.2) is 0 Å². The highest BCUT2D eigenvalue weighted by Gasteiger charge is 2.12. The number of rotatable bonds is 4. The van der Waals surface area contributed by atoms with Crippen molar-refractivity contribution < 1.29 is 8.42 Å². The van der Waals surface area contributed by atoms with Gasteiger partial charge in [-0.1, -0.05) is 19.3 Å². The molecular formula is C8H18N2O2S. The molecule has 78 valence electrons. The summed E-state index contributed by atoms with van der Waals surface area (Å²) in [5.74, 6) is 0. The summed E-state index contributed by atoms with van der Waals surface area (Å²) in [6.07, 6.45) is 7.36. The first-order valence-electron chi connectivity index (χ1n) is 4.76. The summed E-state index contributed by atoms with van der Waals surface area (Å²) >= 11 is 0. The molecule has 13 heavy (non-hydrogen) atoms. The topological polar surface area (TPSA) is 58.2 Å². The van der Waals surface area contributed by atoms with E-state index < -0.39 is 10.0 Å². The van der Waals surface area contributed by atoms with E-state index in [2.05, 4.69) is 10.0 Å². The van der Waals surface area contributed by atoms with Crippen molar-refractivity contribution in [2.75, 3.05) is 12.9 Å². The Kier molecular flexibility index (Phi) is 4.15. The van der Waals surface area contributed by atoms with Gasteiger partial charge in [-0.25, -0.2) is 13.1 Å². The number of sulfonamides is 1. The molecule has 0 heterocycles. The molecule has 1 aliphatic carbocycles. The van der Waals surface area contributed by atoms with Crippen molar-refractivity contribution in [3.8, 4) is 0 Å². The van der Waals surface area contributed by atoms with Gasteiger partial charge >= 0.3 is 0 Å². The molecule has 0 aromatic carbocycles. The molecule has 0 saturated heterocycles. The van der Waals surface area contributed by atoms with Crippen LogP contribution >= 0.6 is 0 Å². The van der Waals surface area contributed by atoms with Gasteiger partial charge in [0, 0.05) is 6.04 Å². The van der Waals surface area contributed by atoms with Gasteiger partial charge in [-0.3, -0.25) is 0 Å². The van der Waals surface area contributed by atoms with Gasteiger partial charge in [-0.2, -0.15) is 0 Å². The van der Waals surface area contributed by atoms with Crippen molar-refractivity contribution in [3.63, 3.8) is 0 Å². The van der Waals surface area contributed by atoms with Crippen LogP contribution in [0.25, 0.3) is 0 Å². The van der Waals surface area contributed by atoms with E-state index in [-0.39, 0.29) is 0 Å². The molecule has 0 atom stereocenters. The average molecular weight is 206 g/mol. The van der Waals surface area contributed by atoms with E-state index in [9.17, 15) is 8.42 Å². The zero-order chi connectivity index (χ0) is 9.73. The molecule has 0 aliphatic heterocycles. The third-order valence-corrected chi connectivity index (χ3v) is 3.00. The van der Waals surface area contributed by atoms with Crippen LogP contribution in [0.1, 0.15) is 32.1 Å². The largest absolute Gasteiger partial charge is 0.301 e. The average Bonchev–Trinajstić information content (AvgIpc) is 2.04. The van der Waals surface area contributed by atoms with E-state index in [4.69, 9.17) is 0 Å². The Morgan fingerprint density at radius 3 is 2.38 bits per heavy atom. The lowest BCUT2D eigenvalue weighted by Gasteiger charge is -2.22. The first-order chi connectivity index (χ1) is 6.08. The predicted molar refractivity (Wildman–Crippen MR) is 52.9 cm³/mol. The lowest BCUT2D eigenvalue weighted by Crippen LogP contribution is -2.40. The highest BCUT2D eigenvalue weighted by atomic mass is 32.2. The third-order valence-electron chi connectivity index (χ3n) is 2.33. The maximum absolute atomic E-state index is 10.7. The van der Waals surface area contributed by atoms with E-state index in [0.717, 1.165) is 0 Å². The molecule has 2 N–H and O–H groups in total. The van der Waals surface area contributed by atoms with Crippen molar-refractivity contribution in [2.45, 2.75) is 38.1 Å². The number of nitrogens with one attached hydrogen (secondary N) is 2. The minimum absolute atomic E-state index is 0.365. The third kappa shape index (κ3) is 5.23. The summed E-state index contributed by atoms with van der Waals surface area (Å²) in [6, 6.07) is 0.503. The lowest BCUT2D eigenvalue weighted by molar-refractivity contribution is 0.372. The van der Waals surface area contributed by atoms with Crippen LogP contribution in [0.4, 0.5) is 0 Å². The van der Waals surface area contributed by atoms with Gasteiger partial charge in [0.05, 0.1) is 12.9 Å². The molecule has 1 rings (SSSR count). The van der Waals surface area contributed by atoms with Crippen LogP contribution in [0.2, 0.25) is 0 Å². The Morgan fingerprint density at radius 2 is 1.85 bits per heavy atom. The van der Waals surface area contributed by atoms with Gasteiger partial charge in [0.25, 0.3) is 0 Å². The van der Waals surface area contributed by atoms with Crippen LogP contribution in [0, 0.1) is 0 Å². The first kappa shape index (κ1) is 10.9. The summed E-state index contributed by atoms with van der Waals surface area (Å²) in [4.78, 5) is 0. The van der Waals surface area contributed by atoms with E-state index in [1.165, 1.54) is 38.4 Å². The van der Waals surface area contributed by atoms with Crippen molar-refractivity contribution in [3.05, 3.63) is 0 Å². The Balaban J connectivity index is 2.11. The molecule has 1 aliphatic rings. The van der Waals surface area contributed by atoms with Crippen LogP contribution in [0.3, 0.4) is 0 Å². The maximum atomic E-state index is 10.7. The Hall–Kier alpha value is -0.130. The fourth-order valence-electron chi connectivity index (χ4n) is 1.62. The van der Waals surface area contributed by atoms with Crippen molar-refractivity contribution in [1.82, 2.24) is 10.0 Å². The summed E-state index contributed by atoms with van der Waals surface area (Å²) in [7, 11) is -3.04. The minimum Gasteiger partial charge on any atom is -0.301 e. The van der Waals surface area contributed by atoms with Crippen molar-refractivity contribution in [1.29, 1.82) is 0 Å². The zero-order valence-corrected chi connectivity index (χ0v) is 8.86. The normalized spacial score (nSPS) is 20.4. The quantitative estimate of drug-likeness (QED) is 0.655. The fourth-order valence-corrected chi connectivity index (χ4v) is 1.97. The molecule has 0 radical (unpaired) electrons. The summed E-state index contributed by atoms with van der Waals surface area (Å²) in [5.41, 5.74) is 0. The summed E-state index contributed by atoms with van der Waals surface area (Å²) < 4.78 is 23.9. The second-order valence-corrected chi connectivity index (χ2v) is 5.47. The molecule has 0 unspecified atom stereocenters. The lowest BCUT2D eigenvalue weighted by atomic mass is 9.96. The molecule has 0 bridgehead atoms. The van der Waals surface area contributed by atoms with Gasteiger partial charge in [-0.15, -0.1) is 0 Å². The van der Waals surface area contributed by atoms with Crippen molar-refractivity contribution >= 4 is 10.0 Å². The van der Waals surface area contributed by atoms with Crippen molar-refractivity contribution in [2.24, 2.45) is 0 Å². The Bertz CT molecular complexity index is 233. The SMILES string of the molecule is CS(=O)(=O)NCNC1CCCCC1. The van der Waals surface area contributed by atoms with Crippen LogP contribution < -0.4 is 10.0 Å². The van der Waals surface area contributed by atoms with Crippen LogP contribution in [0.5, 0.6) is 0 Å². The minimum atomic E-state index is -3.04.